The molecule has 1 unspecified atom stereocenters. The largest absolute Gasteiger partial charge is 0.340 e. The normalized spacial score (nSPS) is 17.0. The summed E-state index contributed by atoms with van der Waals surface area (Å²) in [5.74, 6) is 0.0760. The highest BCUT2D eigenvalue weighted by Crippen LogP contribution is 2.35. The van der Waals surface area contributed by atoms with Crippen molar-refractivity contribution < 1.29 is 14.2 Å². The second-order valence-electron chi connectivity index (χ2n) is 8.28. The van der Waals surface area contributed by atoms with Crippen molar-refractivity contribution in [3.05, 3.63) is 46.1 Å². The minimum absolute atomic E-state index is 0.0402. The van der Waals surface area contributed by atoms with Crippen LogP contribution >= 0.6 is 11.3 Å². The molecule has 0 N–H and O–H groups in total. The van der Waals surface area contributed by atoms with E-state index in [1.165, 1.54) is 11.3 Å². The molecule has 3 heterocycles. The van der Waals surface area contributed by atoms with Gasteiger partial charge in [-0.15, -0.1) is 11.3 Å². The van der Waals surface area contributed by atoms with Crippen LogP contribution in [0.2, 0.25) is 0 Å². The summed E-state index contributed by atoms with van der Waals surface area (Å²) in [5, 5.41) is 8.82. The van der Waals surface area contributed by atoms with Gasteiger partial charge >= 0.3 is 0 Å². The van der Waals surface area contributed by atoms with Gasteiger partial charge < -0.3 is 9.80 Å². The highest BCUT2D eigenvalue weighted by atomic mass is 32.1. The summed E-state index contributed by atoms with van der Waals surface area (Å²) in [6.45, 7) is 4.60. The molecule has 0 radical (unpaired) electrons. The van der Waals surface area contributed by atoms with E-state index in [1.807, 2.05) is 24.0 Å². The molecule has 1 aliphatic rings. The molecular weight excluding hydrogens is 412 g/mol. The van der Waals surface area contributed by atoms with Gasteiger partial charge in [-0.3, -0.25) is 9.59 Å². The number of fused-ring (bicyclic) bond motifs is 1. The van der Waals surface area contributed by atoms with Crippen LogP contribution in [0.5, 0.6) is 0 Å². The molecule has 8 heteroatoms. The number of carbonyl (C=O) groups is 2. The number of amides is 2. The number of hydrogen-bond donors (Lipinski definition) is 0. The van der Waals surface area contributed by atoms with Gasteiger partial charge in [0.1, 0.15) is 11.4 Å². The van der Waals surface area contributed by atoms with Crippen molar-refractivity contribution in [2.75, 3.05) is 13.6 Å². The maximum atomic E-state index is 13.5. The first kappa shape index (κ1) is 21.5. The lowest BCUT2D eigenvalue weighted by Gasteiger charge is -2.29. The van der Waals surface area contributed by atoms with Crippen molar-refractivity contribution in [2.24, 2.45) is 0 Å². The molecule has 1 saturated heterocycles. The van der Waals surface area contributed by atoms with Gasteiger partial charge in [0.15, 0.2) is 0 Å². The van der Waals surface area contributed by atoms with Crippen LogP contribution in [0.4, 0.5) is 0 Å². The first-order chi connectivity index (χ1) is 15.0. The van der Waals surface area contributed by atoms with E-state index in [0.29, 0.717) is 24.4 Å². The van der Waals surface area contributed by atoms with Gasteiger partial charge in [0, 0.05) is 31.3 Å². The Bertz CT molecular complexity index is 1090. The Labute approximate surface area is 186 Å². The third-order valence-corrected chi connectivity index (χ3v) is 7.29. The van der Waals surface area contributed by atoms with Gasteiger partial charge in [-0.2, -0.15) is 0 Å². The second kappa shape index (κ2) is 9.18. The Balaban J connectivity index is 1.67. The molecule has 0 saturated carbocycles. The fourth-order valence-corrected chi connectivity index (χ4v) is 5.60. The number of benzene rings is 1. The van der Waals surface area contributed by atoms with E-state index in [1.54, 1.807) is 18.9 Å². The van der Waals surface area contributed by atoms with E-state index in [4.69, 9.17) is 4.63 Å². The van der Waals surface area contributed by atoms with Crippen LogP contribution in [0.25, 0.3) is 10.1 Å². The van der Waals surface area contributed by atoms with Crippen molar-refractivity contribution >= 4 is 33.2 Å². The molecule has 31 heavy (non-hydrogen) atoms. The second-order valence-corrected chi connectivity index (χ2v) is 9.34. The lowest BCUT2D eigenvalue weighted by atomic mass is 9.97. The van der Waals surface area contributed by atoms with Crippen LogP contribution in [0.3, 0.4) is 0 Å². The van der Waals surface area contributed by atoms with Gasteiger partial charge in [-0.05, 0) is 43.2 Å². The van der Waals surface area contributed by atoms with E-state index in [9.17, 15) is 9.59 Å². The number of aryl methyl sites for hydroxylation is 1. The molecule has 0 aliphatic carbocycles. The van der Waals surface area contributed by atoms with Crippen LogP contribution in [-0.2, 0) is 17.8 Å². The quantitative estimate of drug-likeness (QED) is 0.594. The predicted octanol–water partition coefficient (Wildman–Crippen LogP) is 4.20. The minimum atomic E-state index is -0.0402. The number of carbonyl (C=O) groups excluding carboxylic acids is 2. The predicted molar refractivity (Wildman–Crippen MR) is 120 cm³/mol. The summed E-state index contributed by atoms with van der Waals surface area (Å²) in [6, 6.07) is 8.27. The van der Waals surface area contributed by atoms with E-state index in [-0.39, 0.29) is 17.9 Å². The smallest absolute Gasteiger partial charge is 0.264 e. The molecule has 1 aliphatic heterocycles. The molecule has 164 valence electrons. The van der Waals surface area contributed by atoms with Crippen LogP contribution in [-0.4, -0.2) is 51.6 Å². The molecule has 3 aromatic rings. The maximum absolute atomic E-state index is 13.5. The fourth-order valence-electron chi connectivity index (χ4n) is 4.38. The standard InChI is InChI=1S/C23H28N4O3S/c1-15-20(25-30-24-15)14-26(3)23(29)22-19(18-10-6-7-11-21(18)31-22)13-17-9-5-4-8-12-27(17)16(2)28/h6-7,10-11,17H,4-5,8-9,12-14H2,1-3H3. The summed E-state index contributed by atoms with van der Waals surface area (Å²) in [6.07, 6.45) is 4.96. The van der Waals surface area contributed by atoms with Gasteiger partial charge in [-0.25, -0.2) is 4.63 Å². The number of aromatic nitrogens is 2. The van der Waals surface area contributed by atoms with Crippen LogP contribution in [0.1, 0.15) is 59.2 Å². The summed E-state index contributed by atoms with van der Waals surface area (Å²) < 4.78 is 5.87. The first-order valence-electron chi connectivity index (χ1n) is 10.8. The van der Waals surface area contributed by atoms with Gasteiger partial charge in [0.25, 0.3) is 5.91 Å². The fraction of sp³-hybridized carbons (Fsp3) is 0.478. The number of thiophene rings is 1. The molecule has 1 atom stereocenters. The Kier molecular flexibility index (Phi) is 6.36. The highest BCUT2D eigenvalue weighted by molar-refractivity contribution is 7.21. The van der Waals surface area contributed by atoms with Gasteiger partial charge in [0.2, 0.25) is 5.91 Å². The summed E-state index contributed by atoms with van der Waals surface area (Å²) in [4.78, 5) is 30.2. The zero-order chi connectivity index (χ0) is 22.0. The van der Waals surface area contributed by atoms with E-state index in [0.717, 1.165) is 52.8 Å². The zero-order valence-electron chi connectivity index (χ0n) is 18.3. The third kappa shape index (κ3) is 4.49. The molecule has 4 rings (SSSR count). The maximum Gasteiger partial charge on any atom is 0.264 e. The van der Waals surface area contributed by atoms with E-state index in [2.05, 4.69) is 22.4 Å². The first-order valence-corrected chi connectivity index (χ1v) is 11.6. The molecule has 1 aromatic carbocycles. The Morgan fingerprint density at radius 3 is 2.77 bits per heavy atom. The van der Waals surface area contributed by atoms with Gasteiger partial charge in [-0.1, -0.05) is 41.4 Å². The van der Waals surface area contributed by atoms with E-state index < -0.39 is 0 Å². The van der Waals surface area contributed by atoms with Crippen molar-refractivity contribution in [3.8, 4) is 0 Å². The summed E-state index contributed by atoms with van der Waals surface area (Å²) in [5.41, 5.74) is 2.39. The van der Waals surface area contributed by atoms with Crippen molar-refractivity contribution in [1.29, 1.82) is 0 Å². The number of hydrogen-bond acceptors (Lipinski definition) is 6. The number of rotatable bonds is 5. The lowest BCUT2D eigenvalue weighted by Crippen LogP contribution is -2.40. The molecule has 2 amide bonds. The topological polar surface area (TPSA) is 79.5 Å². The zero-order valence-corrected chi connectivity index (χ0v) is 19.1. The highest BCUT2D eigenvalue weighted by Gasteiger charge is 2.28. The Morgan fingerprint density at radius 1 is 1.23 bits per heavy atom. The van der Waals surface area contributed by atoms with Crippen LogP contribution < -0.4 is 0 Å². The number of nitrogens with zero attached hydrogens (tertiary/aromatic N) is 4. The van der Waals surface area contributed by atoms with Gasteiger partial charge in [0.05, 0.1) is 11.4 Å². The summed E-state index contributed by atoms with van der Waals surface area (Å²) in [7, 11) is 1.78. The monoisotopic (exact) mass is 440 g/mol. The average Bonchev–Trinajstić information content (AvgIpc) is 3.22. The number of likely N-dealkylation sites (tertiary alicyclic amines) is 1. The molecular formula is C23H28N4O3S. The molecule has 1 fully saturated rings. The molecule has 7 nitrogen and oxygen atoms in total. The SMILES string of the molecule is CC(=O)N1CCCCCC1Cc1c(C(=O)N(C)Cc2nonc2C)sc2ccccc12. The molecule has 0 spiro atoms. The Morgan fingerprint density at radius 2 is 2.03 bits per heavy atom. The minimum Gasteiger partial charge on any atom is -0.340 e. The van der Waals surface area contributed by atoms with Crippen LogP contribution in [0.15, 0.2) is 28.9 Å². The molecule has 2 aromatic heterocycles. The summed E-state index contributed by atoms with van der Waals surface area (Å²) >= 11 is 1.53. The lowest BCUT2D eigenvalue weighted by molar-refractivity contribution is -0.131. The Hall–Kier alpha value is -2.74. The van der Waals surface area contributed by atoms with Crippen LogP contribution in [0, 0.1) is 6.92 Å². The van der Waals surface area contributed by atoms with Crippen molar-refractivity contribution in [3.63, 3.8) is 0 Å². The van der Waals surface area contributed by atoms with E-state index >= 15 is 0 Å². The third-order valence-electron chi connectivity index (χ3n) is 6.09. The average molecular weight is 441 g/mol. The van der Waals surface area contributed by atoms with Crippen molar-refractivity contribution in [2.45, 2.75) is 58.5 Å². The molecule has 0 bridgehead atoms. The van der Waals surface area contributed by atoms with Crippen molar-refractivity contribution in [1.82, 2.24) is 20.1 Å².